The van der Waals surface area contributed by atoms with Crippen molar-refractivity contribution in [2.24, 2.45) is 0 Å². The lowest BCUT2D eigenvalue weighted by atomic mass is 10.3. The molecule has 0 aromatic heterocycles. The average Bonchev–Trinajstić information content (AvgIpc) is 2.34. The Hall–Kier alpha value is -1.06. The maximum atomic E-state index is 5.43. The van der Waals surface area contributed by atoms with E-state index in [-0.39, 0.29) is 0 Å². The van der Waals surface area contributed by atoms with E-state index in [4.69, 9.17) is 14.5 Å². The summed E-state index contributed by atoms with van der Waals surface area (Å²) in [7, 11) is 0. The molecule has 0 heterocycles. The maximum absolute atomic E-state index is 5.43. The molecule has 0 aliphatic carbocycles. The highest BCUT2D eigenvalue weighted by molar-refractivity contribution is 5.20. The Morgan fingerprint density at radius 3 is 2.38 bits per heavy atom. The van der Waals surface area contributed by atoms with Gasteiger partial charge in [0, 0.05) is 0 Å². The lowest BCUT2D eigenvalue weighted by molar-refractivity contribution is -0.297. The number of benzene rings is 1. The largest absolute Gasteiger partial charge is 0.491 e. The number of unbranched alkanes of at least 4 members (excludes halogenated alkanes) is 2. The molecule has 0 saturated carbocycles. The van der Waals surface area contributed by atoms with Gasteiger partial charge < -0.3 is 4.74 Å². The second kappa shape index (κ2) is 9.19. The van der Waals surface area contributed by atoms with Gasteiger partial charge >= 0.3 is 0 Å². The molecule has 0 atom stereocenters. The van der Waals surface area contributed by atoms with E-state index in [1.54, 1.807) is 0 Å². The third-order valence-electron chi connectivity index (χ3n) is 2.09. The molecule has 16 heavy (non-hydrogen) atoms. The first-order valence-corrected chi connectivity index (χ1v) is 5.85. The molecule has 0 aliphatic heterocycles. The summed E-state index contributed by atoms with van der Waals surface area (Å²) < 4.78 is 5.43. The zero-order chi connectivity index (χ0) is 11.5. The molecule has 1 aromatic rings. The maximum Gasteiger partial charge on any atom is 0.119 e. The van der Waals surface area contributed by atoms with Crippen LogP contribution in [-0.2, 0) is 9.78 Å². The molecule has 0 fully saturated rings. The van der Waals surface area contributed by atoms with Crippen LogP contribution in [0.4, 0.5) is 0 Å². The zero-order valence-corrected chi connectivity index (χ0v) is 9.85. The molecule has 0 amide bonds. The molecule has 0 spiro atoms. The molecule has 3 nitrogen and oxygen atoms in total. The minimum atomic E-state index is 0.459. The van der Waals surface area contributed by atoms with E-state index < -0.39 is 0 Å². The quantitative estimate of drug-likeness (QED) is 0.366. The standard InChI is InChI=1S/C13H20O3/c1-2-3-7-10-15-16-12-11-14-13-8-5-4-6-9-13/h4-6,8-9H,2-3,7,10-12H2,1H3. The van der Waals surface area contributed by atoms with Gasteiger partial charge in [-0.1, -0.05) is 38.0 Å². The smallest absolute Gasteiger partial charge is 0.119 e. The fourth-order valence-corrected chi connectivity index (χ4v) is 1.24. The first kappa shape index (κ1) is 13.0. The average molecular weight is 224 g/mol. The zero-order valence-electron chi connectivity index (χ0n) is 9.85. The van der Waals surface area contributed by atoms with Crippen LogP contribution in [0.5, 0.6) is 5.75 Å². The summed E-state index contributed by atoms with van der Waals surface area (Å²) in [5, 5.41) is 0. The number of hydrogen-bond acceptors (Lipinski definition) is 3. The van der Waals surface area contributed by atoms with Crippen molar-refractivity contribution in [1.29, 1.82) is 0 Å². The monoisotopic (exact) mass is 224 g/mol. The second-order valence-corrected chi connectivity index (χ2v) is 3.51. The summed E-state index contributed by atoms with van der Waals surface area (Å²) in [6.45, 7) is 3.80. The van der Waals surface area contributed by atoms with Crippen LogP contribution in [0, 0.1) is 0 Å². The Bertz CT molecular complexity index is 249. The molecule has 3 heteroatoms. The van der Waals surface area contributed by atoms with Crippen molar-refractivity contribution in [3.05, 3.63) is 30.3 Å². The molecule has 0 saturated heterocycles. The lowest BCUT2D eigenvalue weighted by Gasteiger charge is -2.06. The van der Waals surface area contributed by atoms with Crippen molar-refractivity contribution in [2.45, 2.75) is 26.2 Å². The first-order chi connectivity index (χ1) is 7.93. The van der Waals surface area contributed by atoms with Gasteiger partial charge in [-0.3, -0.25) is 0 Å². The van der Waals surface area contributed by atoms with Gasteiger partial charge in [0.15, 0.2) is 0 Å². The lowest BCUT2D eigenvalue weighted by Crippen LogP contribution is -2.07. The minimum Gasteiger partial charge on any atom is -0.491 e. The van der Waals surface area contributed by atoms with Crippen LogP contribution < -0.4 is 4.74 Å². The van der Waals surface area contributed by atoms with Gasteiger partial charge in [-0.05, 0) is 18.6 Å². The molecule has 90 valence electrons. The molecule has 0 aliphatic rings. The van der Waals surface area contributed by atoms with Crippen LogP contribution >= 0.6 is 0 Å². The number of ether oxygens (including phenoxy) is 1. The van der Waals surface area contributed by atoms with E-state index in [0.717, 1.165) is 12.2 Å². The molecule has 0 unspecified atom stereocenters. The van der Waals surface area contributed by atoms with Crippen molar-refractivity contribution in [1.82, 2.24) is 0 Å². The number of hydrogen-bond donors (Lipinski definition) is 0. The van der Waals surface area contributed by atoms with Crippen molar-refractivity contribution in [2.75, 3.05) is 19.8 Å². The van der Waals surface area contributed by atoms with Crippen molar-refractivity contribution >= 4 is 0 Å². The molecule has 0 radical (unpaired) electrons. The third-order valence-corrected chi connectivity index (χ3v) is 2.09. The second-order valence-electron chi connectivity index (χ2n) is 3.51. The summed E-state index contributed by atoms with van der Waals surface area (Å²) in [5.41, 5.74) is 0. The Labute approximate surface area is 97.3 Å². The third kappa shape index (κ3) is 6.43. The van der Waals surface area contributed by atoms with Gasteiger partial charge in [-0.25, -0.2) is 9.78 Å². The topological polar surface area (TPSA) is 27.7 Å². The summed E-state index contributed by atoms with van der Waals surface area (Å²) in [6.07, 6.45) is 3.43. The summed E-state index contributed by atoms with van der Waals surface area (Å²) in [4.78, 5) is 9.97. The first-order valence-electron chi connectivity index (χ1n) is 5.85. The van der Waals surface area contributed by atoms with Crippen molar-refractivity contribution in [3.8, 4) is 5.75 Å². The number of rotatable bonds is 9. The predicted octanol–water partition coefficient (Wildman–Crippen LogP) is 3.20. The Morgan fingerprint density at radius 2 is 1.62 bits per heavy atom. The molecule has 0 bridgehead atoms. The van der Waals surface area contributed by atoms with Gasteiger partial charge in [0.25, 0.3) is 0 Å². The Kier molecular flexibility index (Phi) is 7.47. The molecule has 0 N–H and O–H groups in total. The molecule has 1 aromatic carbocycles. The highest BCUT2D eigenvalue weighted by atomic mass is 17.2. The summed E-state index contributed by atoms with van der Waals surface area (Å²) >= 11 is 0. The van der Waals surface area contributed by atoms with Crippen LogP contribution in [0.15, 0.2) is 30.3 Å². The molecule has 1 rings (SSSR count). The van der Waals surface area contributed by atoms with Gasteiger partial charge in [0.2, 0.25) is 0 Å². The van der Waals surface area contributed by atoms with Crippen molar-refractivity contribution < 1.29 is 14.5 Å². The van der Waals surface area contributed by atoms with Crippen LogP contribution in [0.25, 0.3) is 0 Å². The SMILES string of the molecule is CCCCCOOCCOc1ccccc1. The van der Waals surface area contributed by atoms with E-state index in [0.29, 0.717) is 19.8 Å². The minimum absolute atomic E-state index is 0.459. The van der Waals surface area contributed by atoms with E-state index in [2.05, 4.69) is 6.92 Å². The van der Waals surface area contributed by atoms with Crippen molar-refractivity contribution in [3.63, 3.8) is 0 Å². The fourth-order valence-electron chi connectivity index (χ4n) is 1.24. The summed E-state index contributed by atoms with van der Waals surface area (Å²) in [5.74, 6) is 0.858. The van der Waals surface area contributed by atoms with E-state index in [1.807, 2.05) is 30.3 Å². The highest BCUT2D eigenvalue weighted by Gasteiger charge is 1.93. The number of para-hydroxylation sites is 1. The predicted molar refractivity (Wildman–Crippen MR) is 63.4 cm³/mol. The van der Waals surface area contributed by atoms with E-state index in [1.165, 1.54) is 12.8 Å². The van der Waals surface area contributed by atoms with Crippen LogP contribution in [-0.4, -0.2) is 19.8 Å². The normalized spacial score (nSPS) is 10.3. The van der Waals surface area contributed by atoms with Crippen LogP contribution in [0.1, 0.15) is 26.2 Å². The Morgan fingerprint density at radius 1 is 0.875 bits per heavy atom. The fraction of sp³-hybridized carbons (Fsp3) is 0.538. The van der Waals surface area contributed by atoms with Crippen LogP contribution in [0.3, 0.4) is 0 Å². The van der Waals surface area contributed by atoms with Crippen LogP contribution in [0.2, 0.25) is 0 Å². The molecular formula is C13H20O3. The molecular weight excluding hydrogens is 204 g/mol. The Balaban J connectivity index is 1.89. The van der Waals surface area contributed by atoms with Gasteiger partial charge in [0.1, 0.15) is 19.0 Å². The van der Waals surface area contributed by atoms with Gasteiger partial charge in [-0.15, -0.1) is 0 Å². The van der Waals surface area contributed by atoms with E-state index >= 15 is 0 Å². The summed E-state index contributed by atoms with van der Waals surface area (Å²) in [6, 6.07) is 9.68. The highest BCUT2D eigenvalue weighted by Crippen LogP contribution is 2.07. The van der Waals surface area contributed by atoms with E-state index in [9.17, 15) is 0 Å². The van der Waals surface area contributed by atoms with Gasteiger partial charge in [-0.2, -0.15) is 0 Å². The van der Waals surface area contributed by atoms with Gasteiger partial charge in [0.05, 0.1) is 6.61 Å².